The van der Waals surface area contributed by atoms with E-state index in [9.17, 15) is 12.8 Å². The molecule has 33 heavy (non-hydrogen) atoms. The Morgan fingerprint density at radius 1 is 1.09 bits per heavy atom. The Morgan fingerprint density at radius 2 is 1.82 bits per heavy atom. The van der Waals surface area contributed by atoms with E-state index in [4.69, 9.17) is 11.3 Å². The fourth-order valence-corrected chi connectivity index (χ4v) is 4.86. The normalized spacial score (nSPS) is 11.3. The molecule has 0 bridgehead atoms. The molecule has 4 rings (SSSR count). The third-order valence-corrected chi connectivity index (χ3v) is 6.86. The van der Waals surface area contributed by atoms with Crippen molar-refractivity contribution >= 4 is 26.6 Å². The summed E-state index contributed by atoms with van der Waals surface area (Å²) in [6, 6.07) is 12.6. The van der Waals surface area contributed by atoms with Gasteiger partial charge in [0.05, 0.1) is 17.0 Å². The number of rotatable bonds is 6. The van der Waals surface area contributed by atoms with Crippen LogP contribution in [-0.2, 0) is 16.4 Å². The van der Waals surface area contributed by atoms with E-state index >= 15 is 4.39 Å². The van der Waals surface area contributed by atoms with Crippen LogP contribution in [0.3, 0.4) is 0 Å². The lowest BCUT2D eigenvalue weighted by Gasteiger charge is -2.14. The van der Waals surface area contributed by atoms with Crippen LogP contribution in [0.5, 0.6) is 11.5 Å². The molecular formula is C25H18F2N2O3S. The average molecular weight is 464 g/mol. The van der Waals surface area contributed by atoms with E-state index in [0.717, 1.165) is 21.7 Å². The van der Waals surface area contributed by atoms with Gasteiger partial charge in [-0.2, -0.15) is 0 Å². The summed E-state index contributed by atoms with van der Waals surface area (Å²) in [7, 11) is -3.96. The van der Waals surface area contributed by atoms with E-state index in [1.54, 1.807) is 24.3 Å². The number of benzene rings is 3. The van der Waals surface area contributed by atoms with Crippen LogP contribution in [0.15, 0.2) is 78.3 Å². The van der Waals surface area contributed by atoms with Crippen molar-refractivity contribution in [1.29, 1.82) is 0 Å². The molecule has 1 heterocycles. The van der Waals surface area contributed by atoms with Gasteiger partial charge in [-0.1, -0.05) is 23.8 Å². The molecule has 3 aromatic carbocycles. The number of halogens is 2. The highest BCUT2D eigenvalue weighted by Gasteiger charge is 2.23. The Hall–Kier alpha value is -3.96. The second-order valence-corrected chi connectivity index (χ2v) is 9.16. The summed E-state index contributed by atoms with van der Waals surface area (Å²) in [5.74, 6) is -1.57. The number of hydrogen-bond donors (Lipinski definition) is 0. The molecule has 8 heteroatoms. The molecule has 0 saturated carbocycles. The first kappa shape index (κ1) is 22.2. The van der Waals surface area contributed by atoms with Crippen LogP contribution in [0.25, 0.3) is 15.7 Å². The van der Waals surface area contributed by atoms with Crippen molar-refractivity contribution in [2.24, 2.45) is 0 Å². The van der Waals surface area contributed by atoms with Gasteiger partial charge in [-0.25, -0.2) is 26.0 Å². The highest BCUT2D eigenvalue weighted by molar-refractivity contribution is 7.90. The number of allylic oxidation sites excluding steroid dienone is 1. The monoisotopic (exact) mass is 464 g/mol. The standard InChI is InChI=1S/C25H18F2N2O3S/c1-4-5-20-19-12-13-29(33(30,31)18-9-6-16(2)7-10-18)24(19)15-22(27)25(20)32-17-8-11-21(26)23(14-17)28-3/h4,6-15H,1,5H2,2H3. The molecular weight excluding hydrogens is 446 g/mol. The van der Waals surface area contributed by atoms with E-state index in [-0.39, 0.29) is 34.0 Å². The molecule has 0 spiro atoms. The van der Waals surface area contributed by atoms with Gasteiger partial charge >= 0.3 is 0 Å². The molecule has 0 amide bonds. The van der Waals surface area contributed by atoms with Gasteiger partial charge in [-0.3, -0.25) is 0 Å². The molecule has 0 aliphatic rings. The maximum absolute atomic E-state index is 15.2. The van der Waals surface area contributed by atoms with Gasteiger partial charge in [0.25, 0.3) is 10.0 Å². The Labute approximate surface area is 190 Å². The maximum Gasteiger partial charge on any atom is 0.268 e. The zero-order valence-corrected chi connectivity index (χ0v) is 18.4. The Balaban J connectivity index is 1.87. The van der Waals surface area contributed by atoms with E-state index in [1.165, 1.54) is 30.5 Å². The van der Waals surface area contributed by atoms with Crippen LogP contribution in [0.1, 0.15) is 11.1 Å². The SMILES string of the molecule is [C-]#[N+]c1cc(Oc2c(F)cc3c(ccn3S(=O)(=O)c3ccc(C)cc3)c2CC=C)ccc1F. The minimum absolute atomic E-state index is 0.0783. The second kappa shape index (κ2) is 8.52. The summed E-state index contributed by atoms with van der Waals surface area (Å²) in [5.41, 5.74) is 1.19. The van der Waals surface area contributed by atoms with Crippen molar-refractivity contribution in [3.63, 3.8) is 0 Å². The van der Waals surface area contributed by atoms with Crippen molar-refractivity contribution in [3.8, 4) is 11.5 Å². The van der Waals surface area contributed by atoms with Crippen LogP contribution >= 0.6 is 0 Å². The summed E-state index contributed by atoms with van der Waals surface area (Å²) in [4.78, 5) is 3.16. The van der Waals surface area contributed by atoms with Crippen molar-refractivity contribution in [1.82, 2.24) is 3.97 Å². The molecule has 0 atom stereocenters. The zero-order valence-electron chi connectivity index (χ0n) is 17.5. The van der Waals surface area contributed by atoms with Crippen molar-refractivity contribution in [2.75, 3.05) is 0 Å². The minimum Gasteiger partial charge on any atom is -0.455 e. The smallest absolute Gasteiger partial charge is 0.268 e. The van der Waals surface area contributed by atoms with Gasteiger partial charge in [0, 0.05) is 23.2 Å². The molecule has 1 aromatic heterocycles. The Kier molecular flexibility index (Phi) is 5.75. The summed E-state index contributed by atoms with van der Waals surface area (Å²) in [6.45, 7) is 12.6. The predicted molar refractivity (Wildman–Crippen MR) is 122 cm³/mol. The predicted octanol–water partition coefficient (Wildman–Crippen LogP) is 6.54. The average Bonchev–Trinajstić information content (AvgIpc) is 3.22. The van der Waals surface area contributed by atoms with Crippen molar-refractivity contribution in [2.45, 2.75) is 18.2 Å². The van der Waals surface area contributed by atoms with Gasteiger partial charge in [-0.05, 0) is 49.7 Å². The lowest BCUT2D eigenvalue weighted by atomic mass is 10.1. The molecule has 0 fully saturated rings. The largest absolute Gasteiger partial charge is 0.455 e. The molecule has 0 radical (unpaired) electrons. The number of nitrogens with zero attached hydrogens (tertiary/aromatic N) is 2. The number of aromatic nitrogens is 1. The molecule has 0 aliphatic heterocycles. The quantitative estimate of drug-likeness (QED) is 0.241. The first-order valence-electron chi connectivity index (χ1n) is 9.86. The fourth-order valence-electron chi connectivity index (χ4n) is 3.53. The number of fused-ring (bicyclic) bond motifs is 1. The molecule has 5 nitrogen and oxygen atoms in total. The van der Waals surface area contributed by atoms with E-state index < -0.39 is 21.7 Å². The molecule has 0 N–H and O–H groups in total. The lowest BCUT2D eigenvalue weighted by molar-refractivity contribution is 0.438. The third kappa shape index (κ3) is 3.99. The second-order valence-electron chi connectivity index (χ2n) is 7.35. The summed E-state index contributed by atoms with van der Waals surface area (Å²) in [6.07, 6.45) is 3.10. The first-order valence-corrected chi connectivity index (χ1v) is 11.3. The molecule has 0 unspecified atom stereocenters. The maximum atomic E-state index is 15.2. The number of aryl methyl sites for hydroxylation is 1. The van der Waals surface area contributed by atoms with Crippen LogP contribution in [0.4, 0.5) is 14.5 Å². The summed E-state index contributed by atoms with van der Waals surface area (Å²) in [5, 5.41) is 0.467. The van der Waals surface area contributed by atoms with Gasteiger partial charge in [-0.15, -0.1) is 6.58 Å². The number of ether oxygens (including phenoxy) is 1. The van der Waals surface area contributed by atoms with Crippen LogP contribution in [-0.4, -0.2) is 12.4 Å². The highest BCUT2D eigenvalue weighted by atomic mass is 32.2. The van der Waals surface area contributed by atoms with Crippen LogP contribution < -0.4 is 4.74 Å². The minimum atomic E-state index is -3.96. The first-order chi connectivity index (χ1) is 15.8. The topological polar surface area (TPSA) is 52.7 Å². The molecule has 4 aromatic rings. The molecule has 0 saturated heterocycles. The lowest BCUT2D eigenvalue weighted by Crippen LogP contribution is -2.12. The summed E-state index contributed by atoms with van der Waals surface area (Å²) < 4.78 is 62.0. The fraction of sp³-hybridized carbons (Fsp3) is 0.0800. The highest BCUT2D eigenvalue weighted by Crippen LogP contribution is 2.37. The third-order valence-electron chi connectivity index (χ3n) is 5.15. The number of hydrogen-bond acceptors (Lipinski definition) is 3. The van der Waals surface area contributed by atoms with E-state index in [2.05, 4.69) is 11.4 Å². The van der Waals surface area contributed by atoms with Gasteiger partial charge in [0.15, 0.2) is 11.6 Å². The summed E-state index contributed by atoms with van der Waals surface area (Å²) >= 11 is 0. The van der Waals surface area contributed by atoms with Gasteiger partial charge in [0.1, 0.15) is 11.6 Å². The van der Waals surface area contributed by atoms with E-state index in [1.807, 2.05) is 6.92 Å². The van der Waals surface area contributed by atoms with E-state index in [0.29, 0.717) is 10.9 Å². The molecule has 166 valence electrons. The Morgan fingerprint density at radius 3 is 2.48 bits per heavy atom. The zero-order chi connectivity index (χ0) is 23.8. The van der Waals surface area contributed by atoms with Crippen LogP contribution in [0.2, 0.25) is 0 Å². The molecule has 0 aliphatic carbocycles. The van der Waals surface area contributed by atoms with Crippen LogP contribution in [0, 0.1) is 25.1 Å². The van der Waals surface area contributed by atoms with Crippen molar-refractivity contribution < 1.29 is 21.9 Å². The van der Waals surface area contributed by atoms with Gasteiger partial charge < -0.3 is 4.74 Å². The van der Waals surface area contributed by atoms with Crippen molar-refractivity contribution in [3.05, 3.63) is 108 Å². The van der Waals surface area contributed by atoms with Gasteiger partial charge in [0.2, 0.25) is 5.69 Å². The Bertz CT molecular complexity index is 1530.